The summed E-state index contributed by atoms with van der Waals surface area (Å²) in [7, 11) is 1.55. The molecule has 1 aromatic rings. The second-order valence-corrected chi connectivity index (χ2v) is 4.12. The fourth-order valence-corrected chi connectivity index (χ4v) is 1.51. The Bertz CT molecular complexity index is 477. The predicted octanol–water partition coefficient (Wildman–Crippen LogP) is -0.143. The minimum atomic E-state index is -0.428. The molecule has 0 saturated carbocycles. The Labute approximate surface area is 117 Å². The van der Waals surface area contributed by atoms with Crippen LogP contribution in [0.4, 0.5) is 5.69 Å². The van der Waals surface area contributed by atoms with E-state index in [4.69, 9.17) is 10.5 Å². The Hall–Kier alpha value is -2.28. The molecule has 7 heteroatoms. The van der Waals surface area contributed by atoms with Crippen LogP contribution in [0.5, 0.6) is 5.75 Å². The minimum absolute atomic E-state index is 0.0401. The van der Waals surface area contributed by atoms with E-state index in [-0.39, 0.29) is 35.9 Å². The van der Waals surface area contributed by atoms with Gasteiger partial charge in [-0.1, -0.05) is 0 Å². The van der Waals surface area contributed by atoms with Gasteiger partial charge in [0.15, 0.2) is 0 Å². The van der Waals surface area contributed by atoms with Crippen LogP contribution in [0.3, 0.4) is 0 Å². The molecule has 0 bridgehead atoms. The number of benzene rings is 1. The van der Waals surface area contributed by atoms with Crippen LogP contribution >= 0.6 is 0 Å². The van der Waals surface area contributed by atoms with Crippen molar-refractivity contribution in [2.45, 2.75) is 6.42 Å². The van der Waals surface area contributed by atoms with Crippen LogP contribution in [-0.4, -0.2) is 43.7 Å². The lowest BCUT2D eigenvalue weighted by Crippen LogP contribution is -2.32. The van der Waals surface area contributed by atoms with Crippen LogP contribution in [0.15, 0.2) is 18.2 Å². The minimum Gasteiger partial charge on any atom is -0.508 e. The molecule has 0 unspecified atom stereocenters. The standard InChI is InChI=1S/C13H19N3O4/c1-20-7-6-15-12(18)4-5-16-13(19)10-8-9(17)2-3-11(10)14/h2-3,8,17H,4-7,14H2,1H3,(H,15,18)(H,16,19). The lowest BCUT2D eigenvalue weighted by Gasteiger charge is -2.08. The molecule has 0 heterocycles. The van der Waals surface area contributed by atoms with Gasteiger partial charge in [0.25, 0.3) is 5.91 Å². The summed E-state index contributed by atoms with van der Waals surface area (Å²) in [6.07, 6.45) is 0.161. The van der Waals surface area contributed by atoms with Crippen LogP contribution in [0, 0.1) is 0 Å². The number of carbonyl (C=O) groups is 2. The molecule has 0 radical (unpaired) electrons. The quantitative estimate of drug-likeness (QED) is 0.315. The van der Waals surface area contributed by atoms with E-state index in [1.807, 2.05) is 0 Å². The Kier molecular flexibility index (Phi) is 6.31. The van der Waals surface area contributed by atoms with Crippen molar-refractivity contribution in [3.8, 4) is 5.75 Å². The van der Waals surface area contributed by atoms with Crippen molar-refractivity contribution in [1.29, 1.82) is 0 Å². The van der Waals surface area contributed by atoms with Gasteiger partial charge in [-0.25, -0.2) is 0 Å². The van der Waals surface area contributed by atoms with Gasteiger partial charge in [0.2, 0.25) is 5.91 Å². The number of anilines is 1. The van der Waals surface area contributed by atoms with Crippen LogP contribution in [0.1, 0.15) is 16.8 Å². The largest absolute Gasteiger partial charge is 0.508 e. The number of hydrogen-bond acceptors (Lipinski definition) is 5. The van der Waals surface area contributed by atoms with Gasteiger partial charge in [0.05, 0.1) is 12.2 Å². The molecule has 5 N–H and O–H groups in total. The van der Waals surface area contributed by atoms with Gasteiger partial charge >= 0.3 is 0 Å². The van der Waals surface area contributed by atoms with E-state index in [1.165, 1.54) is 18.2 Å². The molecule has 2 amide bonds. The van der Waals surface area contributed by atoms with Gasteiger partial charge < -0.3 is 26.2 Å². The number of nitrogens with one attached hydrogen (secondary N) is 2. The second kappa shape index (κ2) is 8.00. The van der Waals surface area contributed by atoms with E-state index in [2.05, 4.69) is 10.6 Å². The summed E-state index contributed by atoms with van der Waals surface area (Å²) >= 11 is 0. The molecule has 1 aromatic carbocycles. The van der Waals surface area contributed by atoms with Crippen molar-refractivity contribution >= 4 is 17.5 Å². The zero-order chi connectivity index (χ0) is 15.0. The first-order chi connectivity index (χ1) is 9.54. The summed E-state index contributed by atoms with van der Waals surface area (Å²) in [5.74, 6) is -0.643. The summed E-state index contributed by atoms with van der Waals surface area (Å²) in [6.45, 7) is 1.06. The highest BCUT2D eigenvalue weighted by atomic mass is 16.5. The van der Waals surface area contributed by atoms with Gasteiger partial charge in [-0.3, -0.25) is 9.59 Å². The molecule has 0 spiro atoms. The van der Waals surface area contributed by atoms with Crippen LogP contribution in [0.2, 0.25) is 0 Å². The van der Waals surface area contributed by atoms with Gasteiger partial charge in [-0.2, -0.15) is 0 Å². The Morgan fingerprint density at radius 2 is 2.05 bits per heavy atom. The van der Waals surface area contributed by atoms with Gasteiger partial charge in [-0.05, 0) is 18.2 Å². The molecule has 7 nitrogen and oxygen atoms in total. The van der Waals surface area contributed by atoms with E-state index in [0.717, 1.165) is 0 Å². The average molecular weight is 281 g/mol. The fraction of sp³-hybridized carbons (Fsp3) is 0.385. The molecular formula is C13H19N3O4. The number of aromatic hydroxyl groups is 1. The average Bonchev–Trinajstić information content (AvgIpc) is 2.41. The molecule has 0 fully saturated rings. The first kappa shape index (κ1) is 15.8. The summed E-state index contributed by atoms with van der Waals surface area (Å²) in [5, 5.41) is 14.5. The molecule has 0 aliphatic carbocycles. The molecule has 1 rings (SSSR count). The third-order valence-electron chi connectivity index (χ3n) is 2.55. The van der Waals surface area contributed by atoms with Crippen molar-refractivity contribution in [3.63, 3.8) is 0 Å². The highest BCUT2D eigenvalue weighted by Crippen LogP contribution is 2.18. The Morgan fingerprint density at radius 1 is 1.30 bits per heavy atom. The van der Waals surface area contributed by atoms with E-state index in [1.54, 1.807) is 7.11 Å². The molecule has 0 saturated heterocycles. The number of methoxy groups -OCH3 is 1. The third kappa shape index (κ3) is 5.15. The van der Waals surface area contributed by atoms with E-state index >= 15 is 0 Å². The SMILES string of the molecule is COCCNC(=O)CCNC(=O)c1cc(O)ccc1N. The zero-order valence-electron chi connectivity index (χ0n) is 11.3. The molecule has 0 aliphatic heterocycles. The summed E-state index contributed by atoms with van der Waals surface area (Å²) in [6, 6.07) is 4.13. The number of ether oxygens (including phenoxy) is 1. The lowest BCUT2D eigenvalue weighted by molar-refractivity contribution is -0.121. The van der Waals surface area contributed by atoms with Crippen LogP contribution < -0.4 is 16.4 Å². The second-order valence-electron chi connectivity index (χ2n) is 4.12. The van der Waals surface area contributed by atoms with E-state index in [0.29, 0.717) is 13.2 Å². The van der Waals surface area contributed by atoms with Crippen molar-refractivity contribution in [3.05, 3.63) is 23.8 Å². The van der Waals surface area contributed by atoms with Crippen LogP contribution in [0.25, 0.3) is 0 Å². The lowest BCUT2D eigenvalue weighted by atomic mass is 10.1. The van der Waals surface area contributed by atoms with Crippen molar-refractivity contribution in [1.82, 2.24) is 10.6 Å². The van der Waals surface area contributed by atoms with Crippen molar-refractivity contribution in [2.24, 2.45) is 0 Å². The number of nitrogens with two attached hydrogens (primary N) is 1. The topological polar surface area (TPSA) is 114 Å². The van der Waals surface area contributed by atoms with Crippen LogP contribution in [-0.2, 0) is 9.53 Å². The maximum Gasteiger partial charge on any atom is 0.253 e. The van der Waals surface area contributed by atoms with Gasteiger partial charge in [0.1, 0.15) is 5.75 Å². The fourth-order valence-electron chi connectivity index (χ4n) is 1.51. The first-order valence-electron chi connectivity index (χ1n) is 6.17. The zero-order valence-corrected chi connectivity index (χ0v) is 11.3. The summed E-state index contributed by atoms with van der Waals surface area (Å²) in [4.78, 5) is 23.2. The molecule has 0 aliphatic rings. The monoisotopic (exact) mass is 281 g/mol. The maximum absolute atomic E-state index is 11.8. The first-order valence-corrected chi connectivity index (χ1v) is 6.17. The van der Waals surface area contributed by atoms with Gasteiger partial charge in [0, 0.05) is 32.3 Å². The van der Waals surface area contributed by atoms with E-state index in [9.17, 15) is 14.7 Å². The molecule has 20 heavy (non-hydrogen) atoms. The van der Waals surface area contributed by atoms with Gasteiger partial charge in [-0.15, -0.1) is 0 Å². The number of amides is 2. The normalized spacial score (nSPS) is 10.1. The molecule has 0 atom stereocenters. The highest BCUT2D eigenvalue weighted by molar-refractivity contribution is 5.99. The third-order valence-corrected chi connectivity index (χ3v) is 2.55. The Balaban J connectivity index is 2.36. The summed E-state index contributed by atoms with van der Waals surface area (Å²) < 4.78 is 4.80. The number of carbonyl (C=O) groups excluding carboxylic acids is 2. The number of rotatable bonds is 7. The maximum atomic E-state index is 11.8. The highest BCUT2D eigenvalue weighted by Gasteiger charge is 2.10. The molecule has 0 aromatic heterocycles. The molecular weight excluding hydrogens is 262 g/mol. The number of phenolic OH excluding ortho intramolecular Hbond substituents is 1. The Morgan fingerprint density at radius 3 is 2.75 bits per heavy atom. The number of nitrogen functional groups attached to an aromatic ring is 1. The predicted molar refractivity (Wildman–Crippen MR) is 74.4 cm³/mol. The number of phenols is 1. The summed E-state index contributed by atoms with van der Waals surface area (Å²) in [5.41, 5.74) is 6.09. The molecule has 110 valence electrons. The van der Waals surface area contributed by atoms with E-state index < -0.39 is 5.91 Å². The smallest absolute Gasteiger partial charge is 0.253 e. The number of hydrogen-bond donors (Lipinski definition) is 4. The van der Waals surface area contributed by atoms with Crippen molar-refractivity contribution in [2.75, 3.05) is 32.5 Å². The van der Waals surface area contributed by atoms with Crippen molar-refractivity contribution < 1.29 is 19.4 Å².